The number of hydrogen-bond acceptors (Lipinski definition) is 6. The number of rotatable bonds is 5. The first kappa shape index (κ1) is 16.9. The highest BCUT2D eigenvalue weighted by molar-refractivity contribution is 5.96. The second kappa shape index (κ2) is 7.19. The second-order valence-electron chi connectivity index (χ2n) is 5.32. The highest BCUT2D eigenvalue weighted by Crippen LogP contribution is 2.30. The molecule has 0 saturated carbocycles. The lowest BCUT2D eigenvalue weighted by Crippen LogP contribution is -2.27. The van der Waals surface area contributed by atoms with E-state index in [9.17, 15) is 19.7 Å². The van der Waals surface area contributed by atoms with E-state index in [4.69, 9.17) is 9.47 Å². The summed E-state index contributed by atoms with van der Waals surface area (Å²) in [6.07, 6.45) is 0.724. The van der Waals surface area contributed by atoms with Crippen LogP contribution in [0.25, 0.3) is 0 Å². The number of anilines is 1. The van der Waals surface area contributed by atoms with Crippen LogP contribution in [0.15, 0.2) is 12.1 Å². The fraction of sp³-hybridized carbons (Fsp3) is 0.467. The lowest BCUT2D eigenvalue weighted by molar-refractivity contribution is -0.384. The van der Waals surface area contributed by atoms with Crippen LogP contribution in [-0.4, -0.2) is 36.1 Å². The number of aryl methyl sites for hydroxylation is 1. The van der Waals surface area contributed by atoms with Crippen molar-refractivity contribution in [2.45, 2.75) is 32.8 Å². The van der Waals surface area contributed by atoms with Crippen molar-refractivity contribution in [3.05, 3.63) is 33.4 Å². The molecule has 0 aliphatic carbocycles. The van der Waals surface area contributed by atoms with Crippen molar-refractivity contribution in [3.63, 3.8) is 0 Å². The Hall–Kier alpha value is -2.48. The van der Waals surface area contributed by atoms with Gasteiger partial charge >= 0.3 is 5.97 Å². The molecule has 0 unspecified atom stereocenters. The number of nitrogens with one attached hydrogen (secondary N) is 1. The van der Waals surface area contributed by atoms with E-state index in [1.54, 1.807) is 19.9 Å². The summed E-state index contributed by atoms with van der Waals surface area (Å²) in [5, 5.41) is 13.5. The van der Waals surface area contributed by atoms with Crippen molar-refractivity contribution in [1.82, 2.24) is 0 Å². The summed E-state index contributed by atoms with van der Waals surface area (Å²) in [5.74, 6) is -1.22. The SMILES string of the molecule is Cc1ccc([N+](=O)[O-])c(NC(=O)COC(=O)[C@H]2CCCO2)c1C. The summed E-state index contributed by atoms with van der Waals surface area (Å²) in [6.45, 7) is 3.45. The number of nitro benzene ring substituents is 1. The summed E-state index contributed by atoms with van der Waals surface area (Å²) in [4.78, 5) is 34.1. The molecular formula is C15H18N2O6. The topological polar surface area (TPSA) is 108 Å². The average molecular weight is 322 g/mol. The van der Waals surface area contributed by atoms with Gasteiger partial charge in [0, 0.05) is 12.7 Å². The van der Waals surface area contributed by atoms with Gasteiger partial charge < -0.3 is 14.8 Å². The fourth-order valence-corrected chi connectivity index (χ4v) is 2.28. The quantitative estimate of drug-likeness (QED) is 0.504. The number of amides is 1. The predicted molar refractivity (Wildman–Crippen MR) is 81.1 cm³/mol. The van der Waals surface area contributed by atoms with Crippen molar-refractivity contribution in [3.8, 4) is 0 Å². The van der Waals surface area contributed by atoms with Gasteiger partial charge in [0.15, 0.2) is 12.7 Å². The molecule has 0 aromatic heterocycles. The molecule has 1 heterocycles. The van der Waals surface area contributed by atoms with Crippen molar-refractivity contribution in [2.75, 3.05) is 18.5 Å². The van der Waals surface area contributed by atoms with Gasteiger partial charge in [-0.1, -0.05) is 6.07 Å². The van der Waals surface area contributed by atoms with Gasteiger partial charge in [-0.15, -0.1) is 0 Å². The molecule has 8 heteroatoms. The van der Waals surface area contributed by atoms with Crippen molar-refractivity contribution >= 4 is 23.3 Å². The van der Waals surface area contributed by atoms with E-state index in [0.717, 1.165) is 12.0 Å². The first-order valence-corrected chi connectivity index (χ1v) is 7.23. The minimum Gasteiger partial charge on any atom is -0.454 e. The predicted octanol–water partition coefficient (Wildman–Crippen LogP) is 1.87. The van der Waals surface area contributed by atoms with E-state index >= 15 is 0 Å². The summed E-state index contributed by atoms with van der Waals surface area (Å²) >= 11 is 0. The number of hydrogen-bond donors (Lipinski definition) is 1. The molecule has 23 heavy (non-hydrogen) atoms. The number of ether oxygens (including phenoxy) is 2. The van der Waals surface area contributed by atoms with Crippen molar-refractivity contribution in [2.24, 2.45) is 0 Å². The zero-order chi connectivity index (χ0) is 17.0. The first-order chi connectivity index (χ1) is 10.9. The molecule has 1 aromatic rings. The molecule has 1 aliphatic rings. The third-order valence-electron chi connectivity index (χ3n) is 3.71. The molecular weight excluding hydrogens is 304 g/mol. The minimum absolute atomic E-state index is 0.119. The molecule has 1 aromatic carbocycles. The van der Waals surface area contributed by atoms with Crippen LogP contribution in [0.4, 0.5) is 11.4 Å². The largest absolute Gasteiger partial charge is 0.454 e. The summed E-state index contributed by atoms with van der Waals surface area (Å²) < 4.78 is 10.0. The second-order valence-corrected chi connectivity index (χ2v) is 5.32. The maximum absolute atomic E-state index is 11.9. The lowest BCUT2D eigenvalue weighted by Gasteiger charge is -2.12. The smallest absolute Gasteiger partial charge is 0.335 e. The van der Waals surface area contributed by atoms with Gasteiger partial charge in [0.05, 0.1) is 4.92 Å². The highest BCUT2D eigenvalue weighted by atomic mass is 16.6. The van der Waals surface area contributed by atoms with Gasteiger partial charge in [0.2, 0.25) is 0 Å². The maximum Gasteiger partial charge on any atom is 0.335 e. The standard InChI is InChI=1S/C15H18N2O6/c1-9-5-6-11(17(20)21)14(10(9)2)16-13(18)8-23-15(19)12-4-3-7-22-12/h5-6,12H,3-4,7-8H2,1-2H3,(H,16,18)/t12-/m1/s1. The van der Waals surface area contributed by atoms with E-state index in [1.165, 1.54) is 6.07 Å². The zero-order valence-corrected chi connectivity index (χ0v) is 13.0. The number of carbonyl (C=O) groups is 2. The Balaban J connectivity index is 2.01. The van der Waals surface area contributed by atoms with Crippen LogP contribution in [0, 0.1) is 24.0 Å². The van der Waals surface area contributed by atoms with E-state index < -0.39 is 29.5 Å². The number of nitro groups is 1. The fourth-order valence-electron chi connectivity index (χ4n) is 2.28. The lowest BCUT2D eigenvalue weighted by atomic mass is 10.1. The Labute approximate surface area is 132 Å². The van der Waals surface area contributed by atoms with Gasteiger partial charge in [-0.3, -0.25) is 14.9 Å². The van der Waals surface area contributed by atoms with Crippen LogP contribution in [0.5, 0.6) is 0 Å². The first-order valence-electron chi connectivity index (χ1n) is 7.23. The Morgan fingerprint density at radius 2 is 2.17 bits per heavy atom. The molecule has 0 radical (unpaired) electrons. The maximum atomic E-state index is 11.9. The molecule has 0 bridgehead atoms. The van der Waals surface area contributed by atoms with Crippen LogP contribution in [0.3, 0.4) is 0 Å². The molecule has 1 saturated heterocycles. The number of esters is 1. The molecule has 1 N–H and O–H groups in total. The third kappa shape index (κ3) is 4.04. The number of nitrogens with zero attached hydrogens (tertiary/aromatic N) is 1. The normalized spacial score (nSPS) is 16.9. The van der Waals surface area contributed by atoms with Crippen LogP contribution in [-0.2, 0) is 19.1 Å². The van der Waals surface area contributed by atoms with E-state index in [0.29, 0.717) is 18.6 Å². The van der Waals surface area contributed by atoms with E-state index in [2.05, 4.69) is 5.32 Å². The molecule has 0 spiro atoms. The van der Waals surface area contributed by atoms with Gasteiger partial charge in [0.25, 0.3) is 11.6 Å². The Kier molecular flexibility index (Phi) is 5.28. The Morgan fingerprint density at radius 1 is 1.43 bits per heavy atom. The van der Waals surface area contributed by atoms with Crippen LogP contribution in [0.1, 0.15) is 24.0 Å². The number of benzene rings is 1. The van der Waals surface area contributed by atoms with E-state index in [-0.39, 0.29) is 11.4 Å². The molecule has 124 valence electrons. The summed E-state index contributed by atoms with van der Waals surface area (Å²) in [5.41, 5.74) is 1.32. The summed E-state index contributed by atoms with van der Waals surface area (Å²) in [6, 6.07) is 2.94. The van der Waals surface area contributed by atoms with Gasteiger partial charge in [-0.2, -0.15) is 0 Å². The zero-order valence-electron chi connectivity index (χ0n) is 13.0. The average Bonchev–Trinajstić information content (AvgIpc) is 3.03. The minimum atomic E-state index is -0.631. The Morgan fingerprint density at radius 3 is 2.78 bits per heavy atom. The summed E-state index contributed by atoms with van der Waals surface area (Å²) in [7, 11) is 0. The van der Waals surface area contributed by atoms with Crippen molar-refractivity contribution in [1.29, 1.82) is 0 Å². The Bertz CT molecular complexity index is 637. The molecule has 2 rings (SSSR count). The molecule has 1 fully saturated rings. The van der Waals surface area contributed by atoms with Crippen LogP contribution >= 0.6 is 0 Å². The number of carbonyl (C=O) groups excluding carboxylic acids is 2. The molecule has 1 atom stereocenters. The van der Waals surface area contributed by atoms with Crippen LogP contribution in [0.2, 0.25) is 0 Å². The highest BCUT2D eigenvalue weighted by Gasteiger charge is 2.26. The monoisotopic (exact) mass is 322 g/mol. The molecule has 1 aliphatic heterocycles. The van der Waals surface area contributed by atoms with Crippen LogP contribution < -0.4 is 5.32 Å². The molecule has 1 amide bonds. The van der Waals surface area contributed by atoms with E-state index in [1.807, 2.05) is 0 Å². The third-order valence-corrected chi connectivity index (χ3v) is 3.71. The van der Waals surface area contributed by atoms with Gasteiger partial charge in [-0.25, -0.2) is 4.79 Å². The van der Waals surface area contributed by atoms with Gasteiger partial charge in [-0.05, 0) is 37.8 Å². The van der Waals surface area contributed by atoms with Crippen molar-refractivity contribution < 1.29 is 24.0 Å². The molecule has 8 nitrogen and oxygen atoms in total. The van der Waals surface area contributed by atoms with Gasteiger partial charge in [0.1, 0.15) is 5.69 Å².